The molecule has 1 aromatic rings. The molecule has 0 spiro atoms. The van der Waals surface area contributed by atoms with Crippen LogP contribution in [0.5, 0.6) is 0 Å². The van der Waals surface area contributed by atoms with Crippen molar-refractivity contribution >= 4 is 5.71 Å². The Labute approximate surface area is 102 Å². The van der Waals surface area contributed by atoms with Crippen LogP contribution in [0.4, 0.5) is 0 Å². The minimum absolute atomic E-state index is 0.236. The number of hydrogen-bond acceptors (Lipinski definition) is 4. The van der Waals surface area contributed by atoms with Crippen molar-refractivity contribution < 1.29 is 4.42 Å². The molecule has 4 nitrogen and oxygen atoms in total. The standard InChI is InChI=1S/C13H19N3O/c1-2-6-16-7-5-11-10(9-16)13(15-14-11)12-4-3-8-17-12/h3-4,8,10,13,15H,2,5-7,9H2,1H3. The zero-order chi connectivity index (χ0) is 11.7. The molecule has 1 fully saturated rings. The first kappa shape index (κ1) is 10.8. The molecule has 1 saturated heterocycles. The van der Waals surface area contributed by atoms with Gasteiger partial charge >= 0.3 is 0 Å². The van der Waals surface area contributed by atoms with Crippen molar-refractivity contribution in [3.8, 4) is 0 Å². The number of hydrogen-bond donors (Lipinski definition) is 1. The summed E-state index contributed by atoms with van der Waals surface area (Å²) in [6, 6.07) is 4.22. The summed E-state index contributed by atoms with van der Waals surface area (Å²) < 4.78 is 5.51. The van der Waals surface area contributed by atoms with Crippen molar-refractivity contribution in [3.63, 3.8) is 0 Å². The van der Waals surface area contributed by atoms with E-state index in [2.05, 4.69) is 22.4 Å². The molecule has 0 aliphatic carbocycles. The lowest BCUT2D eigenvalue weighted by Gasteiger charge is -2.32. The topological polar surface area (TPSA) is 40.8 Å². The Balaban J connectivity index is 1.74. The molecular formula is C13H19N3O. The van der Waals surface area contributed by atoms with E-state index in [0.29, 0.717) is 5.92 Å². The van der Waals surface area contributed by atoms with E-state index in [1.54, 1.807) is 6.26 Å². The van der Waals surface area contributed by atoms with Gasteiger partial charge in [0.25, 0.3) is 0 Å². The Bertz CT molecular complexity index is 399. The number of furan rings is 1. The van der Waals surface area contributed by atoms with E-state index in [1.807, 2.05) is 12.1 Å². The first-order valence-corrected chi connectivity index (χ1v) is 6.46. The van der Waals surface area contributed by atoms with Gasteiger partial charge in [-0.1, -0.05) is 6.92 Å². The summed E-state index contributed by atoms with van der Waals surface area (Å²) in [6.45, 7) is 5.68. The number of fused-ring (bicyclic) bond motifs is 1. The highest BCUT2D eigenvalue weighted by Gasteiger charge is 2.37. The van der Waals surface area contributed by atoms with Crippen molar-refractivity contribution in [2.24, 2.45) is 11.0 Å². The van der Waals surface area contributed by atoms with E-state index in [4.69, 9.17) is 4.42 Å². The van der Waals surface area contributed by atoms with E-state index in [-0.39, 0.29) is 6.04 Å². The third-order valence-electron chi connectivity index (χ3n) is 3.71. The highest BCUT2D eigenvalue weighted by molar-refractivity contribution is 5.89. The first-order valence-electron chi connectivity index (χ1n) is 6.46. The SMILES string of the molecule is CCCN1CCC2=NNC(c3ccco3)C2C1. The van der Waals surface area contributed by atoms with Gasteiger partial charge in [0.15, 0.2) is 0 Å². The molecule has 2 atom stereocenters. The molecule has 0 bridgehead atoms. The summed E-state index contributed by atoms with van der Waals surface area (Å²) in [4.78, 5) is 2.53. The van der Waals surface area contributed by atoms with E-state index < -0.39 is 0 Å². The summed E-state index contributed by atoms with van der Waals surface area (Å²) in [5.41, 5.74) is 4.55. The molecule has 4 heteroatoms. The number of rotatable bonds is 3. The maximum absolute atomic E-state index is 5.51. The van der Waals surface area contributed by atoms with Gasteiger partial charge in [0, 0.05) is 31.1 Å². The van der Waals surface area contributed by atoms with Crippen molar-refractivity contribution in [2.45, 2.75) is 25.8 Å². The lowest BCUT2D eigenvalue weighted by Crippen LogP contribution is -2.42. The van der Waals surface area contributed by atoms with Crippen molar-refractivity contribution in [1.82, 2.24) is 10.3 Å². The monoisotopic (exact) mass is 233 g/mol. The number of nitrogens with one attached hydrogen (secondary N) is 1. The molecule has 1 aromatic heterocycles. The minimum atomic E-state index is 0.236. The Morgan fingerprint density at radius 2 is 2.53 bits per heavy atom. The number of piperidine rings is 1. The summed E-state index contributed by atoms with van der Waals surface area (Å²) >= 11 is 0. The third-order valence-corrected chi connectivity index (χ3v) is 3.71. The molecule has 92 valence electrons. The second-order valence-electron chi connectivity index (χ2n) is 4.88. The van der Waals surface area contributed by atoms with E-state index in [9.17, 15) is 0 Å². The molecular weight excluding hydrogens is 214 g/mol. The second kappa shape index (κ2) is 4.53. The van der Waals surface area contributed by atoms with E-state index >= 15 is 0 Å². The Kier molecular flexibility index (Phi) is 2.89. The fourth-order valence-electron chi connectivity index (χ4n) is 2.86. The Hall–Kier alpha value is -1.29. The predicted octanol–water partition coefficient (Wildman–Crippen LogP) is 2.01. The second-order valence-corrected chi connectivity index (χ2v) is 4.88. The molecule has 2 aliphatic heterocycles. The van der Waals surface area contributed by atoms with Crippen molar-refractivity contribution in [2.75, 3.05) is 19.6 Å². The van der Waals surface area contributed by atoms with Crippen molar-refractivity contribution in [3.05, 3.63) is 24.2 Å². The van der Waals surface area contributed by atoms with Crippen LogP contribution in [-0.2, 0) is 0 Å². The van der Waals surface area contributed by atoms with Crippen LogP contribution in [0, 0.1) is 5.92 Å². The highest BCUT2D eigenvalue weighted by atomic mass is 16.3. The van der Waals surface area contributed by atoms with Gasteiger partial charge in [0.05, 0.1) is 6.26 Å². The molecule has 2 aliphatic rings. The predicted molar refractivity (Wildman–Crippen MR) is 66.9 cm³/mol. The maximum atomic E-state index is 5.51. The van der Waals surface area contributed by atoms with Gasteiger partial charge in [-0.2, -0.15) is 5.10 Å². The van der Waals surface area contributed by atoms with E-state index in [1.165, 1.54) is 18.7 Å². The van der Waals surface area contributed by atoms with Crippen LogP contribution in [0.15, 0.2) is 27.9 Å². The summed E-state index contributed by atoms with van der Waals surface area (Å²) in [7, 11) is 0. The lowest BCUT2D eigenvalue weighted by molar-refractivity contribution is 0.220. The molecule has 2 unspecified atom stereocenters. The molecule has 17 heavy (non-hydrogen) atoms. The van der Waals surface area contributed by atoms with Gasteiger partial charge in [0.2, 0.25) is 0 Å². The van der Waals surface area contributed by atoms with Crippen LogP contribution >= 0.6 is 0 Å². The van der Waals surface area contributed by atoms with Crippen molar-refractivity contribution in [1.29, 1.82) is 0 Å². The lowest BCUT2D eigenvalue weighted by atomic mass is 9.89. The zero-order valence-corrected chi connectivity index (χ0v) is 10.2. The average molecular weight is 233 g/mol. The molecule has 0 amide bonds. The van der Waals surface area contributed by atoms with E-state index in [0.717, 1.165) is 25.3 Å². The summed E-state index contributed by atoms with van der Waals surface area (Å²) in [6.07, 6.45) is 4.05. The van der Waals surface area contributed by atoms with Crippen LogP contribution in [0.25, 0.3) is 0 Å². The quantitative estimate of drug-likeness (QED) is 0.868. The normalized spacial score (nSPS) is 28.6. The summed E-state index contributed by atoms with van der Waals surface area (Å²) in [5.74, 6) is 1.49. The fourth-order valence-corrected chi connectivity index (χ4v) is 2.86. The van der Waals surface area contributed by atoms with Crippen LogP contribution in [0.1, 0.15) is 31.6 Å². The first-order chi connectivity index (χ1) is 8.38. The van der Waals surface area contributed by atoms with Crippen LogP contribution in [0.3, 0.4) is 0 Å². The molecule has 0 saturated carbocycles. The number of nitrogens with zero attached hydrogens (tertiary/aromatic N) is 2. The fraction of sp³-hybridized carbons (Fsp3) is 0.615. The molecule has 0 radical (unpaired) electrons. The maximum Gasteiger partial charge on any atom is 0.128 e. The van der Waals surface area contributed by atoms with Gasteiger partial charge < -0.3 is 9.32 Å². The van der Waals surface area contributed by atoms with Gasteiger partial charge in [-0.25, -0.2) is 0 Å². The average Bonchev–Trinajstić information content (AvgIpc) is 2.96. The van der Waals surface area contributed by atoms with Gasteiger partial charge in [-0.15, -0.1) is 0 Å². The van der Waals surface area contributed by atoms with Crippen LogP contribution in [-0.4, -0.2) is 30.2 Å². The third kappa shape index (κ3) is 1.97. The minimum Gasteiger partial charge on any atom is -0.467 e. The van der Waals surface area contributed by atoms with Gasteiger partial charge in [-0.05, 0) is 25.1 Å². The molecule has 0 aromatic carbocycles. The molecule has 3 heterocycles. The highest BCUT2D eigenvalue weighted by Crippen LogP contribution is 2.32. The molecule has 3 rings (SSSR count). The molecule has 1 N–H and O–H groups in total. The number of hydrazone groups is 1. The number of likely N-dealkylation sites (tertiary alicyclic amines) is 1. The van der Waals surface area contributed by atoms with Gasteiger partial charge in [0.1, 0.15) is 11.8 Å². The Morgan fingerprint density at radius 1 is 1.59 bits per heavy atom. The largest absolute Gasteiger partial charge is 0.467 e. The van der Waals surface area contributed by atoms with Crippen LogP contribution in [0.2, 0.25) is 0 Å². The Morgan fingerprint density at radius 3 is 3.29 bits per heavy atom. The summed E-state index contributed by atoms with van der Waals surface area (Å²) in [5, 5.41) is 4.47. The van der Waals surface area contributed by atoms with Gasteiger partial charge in [-0.3, -0.25) is 5.43 Å². The van der Waals surface area contributed by atoms with Crippen LogP contribution < -0.4 is 5.43 Å². The smallest absolute Gasteiger partial charge is 0.128 e. The zero-order valence-electron chi connectivity index (χ0n) is 10.2.